The summed E-state index contributed by atoms with van der Waals surface area (Å²) in [6.45, 7) is 6.41. The maximum absolute atomic E-state index is 12.4. The van der Waals surface area contributed by atoms with E-state index in [1.807, 2.05) is 18.2 Å². The molecule has 1 aromatic heterocycles. The summed E-state index contributed by atoms with van der Waals surface area (Å²) in [6, 6.07) is 5.60. The Kier molecular flexibility index (Phi) is 6.56. The predicted octanol–water partition coefficient (Wildman–Crippen LogP) is 4.35. The second-order valence-electron chi connectivity index (χ2n) is 11.9. The van der Waals surface area contributed by atoms with E-state index in [4.69, 9.17) is 4.84 Å². The van der Waals surface area contributed by atoms with Crippen molar-refractivity contribution in [2.75, 3.05) is 6.61 Å². The lowest BCUT2D eigenvalue weighted by atomic mass is 9.46. The van der Waals surface area contributed by atoms with Crippen molar-refractivity contribution in [3.8, 4) is 0 Å². The zero-order valence-electron chi connectivity index (χ0n) is 21.8. The minimum atomic E-state index is -1.16. The molecule has 2 N–H and O–H groups in total. The average Bonchev–Trinajstić information content (AvgIpc) is 3.15. The number of oxime groups is 1. The first-order chi connectivity index (χ1) is 17.2. The van der Waals surface area contributed by atoms with Gasteiger partial charge in [0.1, 0.15) is 5.60 Å². The molecule has 36 heavy (non-hydrogen) atoms. The van der Waals surface area contributed by atoms with Crippen molar-refractivity contribution in [3.63, 3.8) is 0 Å². The summed E-state index contributed by atoms with van der Waals surface area (Å²) in [6.07, 6.45) is 11.4. The number of carbonyl (C=O) groups is 2. The zero-order valence-corrected chi connectivity index (χ0v) is 21.8. The van der Waals surface area contributed by atoms with Crippen molar-refractivity contribution < 1.29 is 19.5 Å². The van der Waals surface area contributed by atoms with Crippen LogP contribution in [0.4, 0.5) is 0 Å². The van der Waals surface area contributed by atoms with E-state index < -0.39 is 5.60 Å². The van der Waals surface area contributed by atoms with Crippen molar-refractivity contribution in [1.29, 1.82) is 0 Å². The van der Waals surface area contributed by atoms with Crippen molar-refractivity contribution in [3.05, 3.63) is 41.7 Å². The number of fused-ring (bicyclic) bond motifs is 5. The van der Waals surface area contributed by atoms with Crippen molar-refractivity contribution >= 4 is 17.4 Å². The van der Waals surface area contributed by atoms with Gasteiger partial charge in [0.25, 0.3) is 5.91 Å². The third kappa shape index (κ3) is 4.09. The topological polar surface area (TPSA) is 101 Å². The van der Waals surface area contributed by atoms with Gasteiger partial charge in [-0.1, -0.05) is 30.6 Å². The van der Waals surface area contributed by atoms with Gasteiger partial charge >= 0.3 is 0 Å². The minimum absolute atomic E-state index is 0.0579. The van der Waals surface area contributed by atoms with E-state index >= 15 is 0 Å². The molecule has 0 saturated heterocycles. The van der Waals surface area contributed by atoms with E-state index in [0.717, 1.165) is 56.4 Å². The summed E-state index contributed by atoms with van der Waals surface area (Å²) in [4.78, 5) is 34.1. The van der Waals surface area contributed by atoms with Gasteiger partial charge < -0.3 is 15.3 Å². The fraction of sp³-hybridized carbons (Fsp3) is 0.655. The van der Waals surface area contributed by atoms with Crippen molar-refractivity contribution in [2.45, 2.75) is 84.3 Å². The molecule has 1 heterocycles. The van der Waals surface area contributed by atoms with Crippen LogP contribution in [0.15, 0.2) is 41.2 Å². The standard InChI is InChI=1S/C29H39N3O4/c1-19(33)29(35)14-11-25-23-8-7-20-16-21(9-12-27(20,2)24(23)10-13-28(25,29)3)32-36-18-26(34)31-17-22-6-4-5-15-30-22/h4-6,15-16,23-25,35H,7-14,17-18H2,1-3H3,(H,31,34)/b32-21+/t23-,24+,25+,27-,28-,29+/m0/s1. The molecule has 0 bridgehead atoms. The molecule has 4 aliphatic rings. The summed E-state index contributed by atoms with van der Waals surface area (Å²) in [5.41, 5.74) is 1.82. The second kappa shape index (κ2) is 9.40. The number of nitrogens with one attached hydrogen (secondary N) is 1. The Bertz CT molecular complexity index is 1090. The average molecular weight is 494 g/mol. The van der Waals surface area contributed by atoms with E-state index in [9.17, 15) is 14.7 Å². The van der Waals surface area contributed by atoms with Gasteiger partial charge in [-0.2, -0.15) is 0 Å². The van der Waals surface area contributed by atoms with Crippen molar-refractivity contribution in [1.82, 2.24) is 10.3 Å². The third-order valence-corrected chi connectivity index (χ3v) is 10.3. The van der Waals surface area contributed by atoms with Gasteiger partial charge in [-0.3, -0.25) is 14.6 Å². The number of hydrogen-bond donors (Lipinski definition) is 2. The van der Waals surface area contributed by atoms with Gasteiger partial charge in [-0.25, -0.2) is 0 Å². The molecule has 3 fully saturated rings. The highest BCUT2D eigenvalue weighted by molar-refractivity contribution is 5.96. The Morgan fingerprint density at radius 2 is 1.94 bits per heavy atom. The molecule has 1 aromatic rings. The Balaban J connectivity index is 1.22. The van der Waals surface area contributed by atoms with Gasteiger partial charge in [0.15, 0.2) is 12.4 Å². The van der Waals surface area contributed by atoms with Gasteiger partial charge in [0.2, 0.25) is 0 Å². The number of nitrogens with zero attached hydrogens (tertiary/aromatic N) is 2. The number of pyridine rings is 1. The number of amides is 1. The lowest BCUT2D eigenvalue weighted by Crippen LogP contribution is -2.57. The number of aliphatic hydroxyl groups is 1. The fourth-order valence-electron chi connectivity index (χ4n) is 8.15. The van der Waals surface area contributed by atoms with E-state index in [1.54, 1.807) is 13.1 Å². The fourth-order valence-corrected chi connectivity index (χ4v) is 8.15. The highest BCUT2D eigenvalue weighted by Crippen LogP contribution is 2.67. The molecule has 0 aliphatic heterocycles. The lowest BCUT2D eigenvalue weighted by molar-refractivity contribution is -0.159. The molecule has 5 rings (SSSR count). The molecule has 6 atom stereocenters. The number of rotatable bonds is 6. The van der Waals surface area contributed by atoms with Crippen LogP contribution in [-0.2, 0) is 21.0 Å². The molecule has 0 radical (unpaired) electrons. The summed E-state index contributed by atoms with van der Waals surface area (Å²) < 4.78 is 0. The molecular weight excluding hydrogens is 454 g/mol. The van der Waals surface area contributed by atoms with Crippen LogP contribution < -0.4 is 5.32 Å². The quantitative estimate of drug-likeness (QED) is 0.574. The summed E-state index contributed by atoms with van der Waals surface area (Å²) in [7, 11) is 0. The molecule has 3 saturated carbocycles. The van der Waals surface area contributed by atoms with Crippen LogP contribution in [0.1, 0.15) is 77.8 Å². The smallest absolute Gasteiger partial charge is 0.261 e. The van der Waals surface area contributed by atoms with Crippen molar-refractivity contribution in [2.24, 2.45) is 33.7 Å². The SMILES string of the molecule is CC(=O)[C@]1(O)CC[C@@H]2[C@H]3CCC4=C/C(=N/OCC(=O)NCc5ccccn5)CC[C@]4(C)[C@@H]3CC[C@@]21C. The van der Waals surface area contributed by atoms with Crippen LogP contribution in [0, 0.1) is 28.6 Å². The summed E-state index contributed by atoms with van der Waals surface area (Å²) in [5.74, 6) is 1.26. The molecule has 0 spiro atoms. The number of allylic oxidation sites excluding steroid dienone is 2. The molecule has 194 valence electrons. The summed E-state index contributed by atoms with van der Waals surface area (Å²) >= 11 is 0. The maximum Gasteiger partial charge on any atom is 0.261 e. The predicted molar refractivity (Wildman–Crippen MR) is 137 cm³/mol. The molecule has 7 nitrogen and oxygen atoms in total. The largest absolute Gasteiger partial charge is 0.385 e. The molecule has 0 aromatic carbocycles. The van der Waals surface area contributed by atoms with Gasteiger partial charge in [0, 0.05) is 11.6 Å². The number of Topliss-reactive ketones (excluding diaryl/α,β-unsaturated/α-hetero) is 1. The molecule has 7 heteroatoms. The minimum Gasteiger partial charge on any atom is -0.385 e. The van der Waals surface area contributed by atoms with Crippen LogP contribution in [0.25, 0.3) is 0 Å². The van der Waals surface area contributed by atoms with Crippen LogP contribution >= 0.6 is 0 Å². The number of carbonyl (C=O) groups excluding carboxylic acids is 2. The molecule has 0 unspecified atom stereocenters. The maximum atomic E-state index is 12.4. The molecule has 1 amide bonds. The lowest BCUT2D eigenvalue weighted by Gasteiger charge is -2.59. The Labute approximate surface area is 213 Å². The van der Waals surface area contributed by atoms with E-state index in [0.29, 0.717) is 30.7 Å². The first-order valence-corrected chi connectivity index (χ1v) is 13.5. The van der Waals surface area contributed by atoms with Crippen LogP contribution in [0.5, 0.6) is 0 Å². The van der Waals surface area contributed by atoms with Gasteiger partial charge in [-0.05, 0) is 99.7 Å². The Hall–Kier alpha value is -2.54. The summed E-state index contributed by atoms with van der Waals surface area (Å²) in [5, 5.41) is 18.4. The molecular formula is C29H39N3O4. The van der Waals surface area contributed by atoms with Gasteiger partial charge in [0.05, 0.1) is 18.0 Å². The first kappa shape index (κ1) is 25.1. The highest BCUT2D eigenvalue weighted by atomic mass is 16.6. The van der Waals surface area contributed by atoms with Gasteiger partial charge in [-0.15, -0.1) is 0 Å². The number of ketones is 1. The number of hydrogen-bond acceptors (Lipinski definition) is 6. The van der Waals surface area contributed by atoms with E-state index in [2.05, 4.69) is 35.4 Å². The van der Waals surface area contributed by atoms with Crippen LogP contribution in [0.2, 0.25) is 0 Å². The highest BCUT2D eigenvalue weighted by Gasteiger charge is 2.65. The van der Waals surface area contributed by atoms with Crippen LogP contribution in [0.3, 0.4) is 0 Å². The normalized spacial score (nSPS) is 38.4. The van der Waals surface area contributed by atoms with E-state index in [-0.39, 0.29) is 29.1 Å². The molecule has 4 aliphatic carbocycles. The van der Waals surface area contributed by atoms with E-state index in [1.165, 1.54) is 5.57 Å². The van der Waals surface area contributed by atoms with Crippen LogP contribution in [-0.4, -0.2) is 39.7 Å². The first-order valence-electron chi connectivity index (χ1n) is 13.5. The third-order valence-electron chi connectivity index (χ3n) is 10.3. The monoisotopic (exact) mass is 493 g/mol. The second-order valence-corrected chi connectivity index (χ2v) is 11.9. The Morgan fingerprint density at radius 1 is 1.14 bits per heavy atom. The number of aromatic nitrogens is 1. The Morgan fingerprint density at radius 3 is 2.69 bits per heavy atom. The zero-order chi connectivity index (χ0) is 25.6.